The molecule has 2 unspecified atom stereocenters. The standard InChI is InChI=1S/C31H43FO3/c1-3-5-7-12-24-13-8-9-14-25(24)15-10-22-34-28-19-17-27(18-20-28)31(33)35-29-21-16-26(11-6-4-2)30(32)23-29/h16-21,23-25H,3-15,22H2,1-2H3. The molecule has 1 saturated carbocycles. The maximum atomic E-state index is 14.2. The third-order valence-electron chi connectivity index (χ3n) is 7.36. The van der Waals surface area contributed by atoms with Crippen LogP contribution in [0.25, 0.3) is 0 Å². The molecule has 0 aliphatic heterocycles. The van der Waals surface area contributed by atoms with Crippen LogP contribution in [0, 0.1) is 17.7 Å². The fourth-order valence-corrected chi connectivity index (χ4v) is 5.25. The lowest BCUT2D eigenvalue weighted by atomic mass is 9.74. The van der Waals surface area contributed by atoms with E-state index in [9.17, 15) is 9.18 Å². The highest BCUT2D eigenvalue weighted by Crippen LogP contribution is 2.36. The Labute approximate surface area is 211 Å². The molecule has 0 N–H and O–H groups in total. The first-order valence-corrected chi connectivity index (χ1v) is 13.8. The van der Waals surface area contributed by atoms with Crippen LogP contribution < -0.4 is 9.47 Å². The van der Waals surface area contributed by atoms with Gasteiger partial charge in [-0.05, 0) is 73.4 Å². The minimum Gasteiger partial charge on any atom is -0.494 e. The summed E-state index contributed by atoms with van der Waals surface area (Å²) in [6.45, 7) is 5.05. The number of carbonyl (C=O) groups is 1. The molecule has 1 aliphatic rings. The number of benzene rings is 2. The van der Waals surface area contributed by atoms with Gasteiger partial charge in [0, 0.05) is 6.07 Å². The van der Waals surface area contributed by atoms with Crippen molar-refractivity contribution in [1.29, 1.82) is 0 Å². The highest BCUT2D eigenvalue weighted by Gasteiger charge is 2.24. The highest BCUT2D eigenvalue weighted by atomic mass is 19.1. The van der Waals surface area contributed by atoms with Gasteiger partial charge in [-0.3, -0.25) is 0 Å². The molecule has 0 aromatic heterocycles. The number of ether oxygens (including phenoxy) is 2. The van der Waals surface area contributed by atoms with Gasteiger partial charge < -0.3 is 9.47 Å². The number of carbonyl (C=O) groups excluding carboxylic acids is 1. The average Bonchev–Trinajstić information content (AvgIpc) is 2.87. The summed E-state index contributed by atoms with van der Waals surface area (Å²) >= 11 is 0. The molecule has 0 heterocycles. The lowest BCUT2D eigenvalue weighted by molar-refractivity contribution is 0.0734. The molecule has 192 valence electrons. The van der Waals surface area contributed by atoms with Crippen molar-refractivity contribution >= 4 is 5.97 Å². The molecular formula is C31H43FO3. The largest absolute Gasteiger partial charge is 0.494 e. The van der Waals surface area contributed by atoms with Gasteiger partial charge in [-0.1, -0.05) is 77.7 Å². The second kappa shape index (κ2) is 14.9. The fraction of sp³-hybridized carbons (Fsp3) is 0.581. The fourth-order valence-electron chi connectivity index (χ4n) is 5.25. The molecule has 2 aromatic rings. The van der Waals surface area contributed by atoms with Crippen LogP contribution in [0.4, 0.5) is 4.39 Å². The summed E-state index contributed by atoms with van der Waals surface area (Å²) in [5.41, 5.74) is 1.08. The summed E-state index contributed by atoms with van der Waals surface area (Å²) in [5, 5.41) is 0. The molecule has 1 aliphatic carbocycles. The Morgan fingerprint density at radius 2 is 1.51 bits per heavy atom. The van der Waals surface area contributed by atoms with E-state index in [0.29, 0.717) is 24.2 Å². The summed E-state index contributed by atoms with van der Waals surface area (Å²) in [6, 6.07) is 11.7. The van der Waals surface area contributed by atoms with Crippen molar-refractivity contribution in [2.24, 2.45) is 11.8 Å². The van der Waals surface area contributed by atoms with Gasteiger partial charge in [0.2, 0.25) is 0 Å². The zero-order valence-corrected chi connectivity index (χ0v) is 21.7. The molecule has 3 nitrogen and oxygen atoms in total. The molecule has 0 radical (unpaired) electrons. The predicted octanol–water partition coefficient (Wildman–Crippen LogP) is 8.93. The molecule has 35 heavy (non-hydrogen) atoms. The summed E-state index contributed by atoms with van der Waals surface area (Å²) in [7, 11) is 0. The van der Waals surface area contributed by atoms with Gasteiger partial charge in [0.1, 0.15) is 17.3 Å². The van der Waals surface area contributed by atoms with Crippen molar-refractivity contribution in [3.63, 3.8) is 0 Å². The smallest absolute Gasteiger partial charge is 0.343 e. The van der Waals surface area contributed by atoms with Gasteiger partial charge in [-0.25, -0.2) is 9.18 Å². The molecule has 2 aromatic carbocycles. The van der Waals surface area contributed by atoms with Crippen LogP contribution in [-0.4, -0.2) is 12.6 Å². The Morgan fingerprint density at radius 1 is 0.857 bits per heavy atom. The third-order valence-corrected chi connectivity index (χ3v) is 7.36. The van der Waals surface area contributed by atoms with Crippen molar-refractivity contribution in [2.45, 2.75) is 97.3 Å². The van der Waals surface area contributed by atoms with Gasteiger partial charge in [0.15, 0.2) is 0 Å². The number of esters is 1. The van der Waals surface area contributed by atoms with Gasteiger partial charge in [0.05, 0.1) is 12.2 Å². The summed E-state index contributed by atoms with van der Waals surface area (Å²) in [5.74, 6) is 1.92. The molecule has 1 fully saturated rings. The van der Waals surface area contributed by atoms with E-state index in [0.717, 1.165) is 36.8 Å². The summed E-state index contributed by atoms with van der Waals surface area (Å²) in [4.78, 5) is 12.5. The van der Waals surface area contributed by atoms with E-state index in [1.807, 2.05) is 0 Å². The van der Waals surface area contributed by atoms with E-state index in [1.54, 1.807) is 36.4 Å². The Bertz CT molecular complexity index is 893. The topological polar surface area (TPSA) is 35.5 Å². The Kier molecular flexibility index (Phi) is 11.6. The second-order valence-electron chi connectivity index (χ2n) is 10.1. The van der Waals surface area contributed by atoms with Crippen LogP contribution in [0.2, 0.25) is 0 Å². The lowest BCUT2D eigenvalue weighted by Gasteiger charge is -2.31. The minimum absolute atomic E-state index is 0.226. The first-order valence-electron chi connectivity index (χ1n) is 13.8. The zero-order valence-electron chi connectivity index (χ0n) is 21.7. The SMILES string of the molecule is CCCCCC1CCCCC1CCCOc1ccc(C(=O)Oc2ccc(CCCC)c(F)c2)cc1. The summed E-state index contributed by atoms with van der Waals surface area (Å²) in [6.07, 6.45) is 15.9. The molecule has 4 heteroatoms. The van der Waals surface area contributed by atoms with Gasteiger partial charge in [-0.2, -0.15) is 0 Å². The first kappa shape index (κ1) is 27.2. The van der Waals surface area contributed by atoms with E-state index < -0.39 is 5.97 Å². The number of unbranched alkanes of at least 4 members (excludes halogenated alkanes) is 3. The Hall–Kier alpha value is -2.36. The maximum absolute atomic E-state index is 14.2. The van der Waals surface area contributed by atoms with Crippen LogP contribution in [0.15, 0.2) is 42.5 Å². The van der Waals surface area contributed by atoms with Gasteiger partial charge >= 0.3 is 5.97 Å². The van der Waals surface area contributed by atoms with Crippen LogP contribution in [0.1, 0.15) is 107 Å². The molecule has 0 bridgehead atoms. The predicted molar refractivity (Wildman–Crippen MR) is 141 cm³/mol. The van der Waals surface area contributed by atoms with E-state index in [2.05, 4.69) is 13.8 Å². The number of rotatable bonds is 14. The van der Waals surface area contributed by atoms with E-state index in [-0.39, 0.29) is 11.6 Å². The van der Waals surface area contributed by atoms with E-state index >= 15 is 0 Å². The average molecular weight is 483 g/mol. The molecule has 0 amide bonds. The van der Waals surface area contributed by atoms with Crippen molar-refractivity contribution in [1.82, 2.24) is 0 Å². The minimum atomic E-state index is -0.497. The Morgan fingerprint density at radius 3 is 2.17 bits per heavy atom. The number of hydrogen-bond donors (Lipinski definition) is 0. The molecular weight excluding hydrogens is 439 g/mol. The van der Waals surface area contributed by atoms with Crippen LogP contribution in [-0.2, 0) is 6.42 Å². The van der Waals surface area contributed by atoms with Crippen LogP contribution in [0.3, 0.4) is 0 Å². The third kappa shape index (κ3) is 8.98. The van der Waals surface area contributed by atoms with E-state index in [4.69, 9.17) is 9.47 Å². The first-order chi connectivity index (χ1) is 17.1. The quantitative estimate of drug-likeness (QED) is 0.153. The van der Waals surface area contributed by atoms with Crippen molar-refractivity contribution in [3.05, 3.63) is 59.4 Å². The second-order valence-corrected chi connectivity index (χ2v) is 10.1. The molecule has 0 spiro atoms. The van der Waals surface area contributed by atoms with Crippen molar-refractivity contribution in [2.75, 3.05) is 6.61 Å². The highest BCUT2D eigenvalue weighted by molar-refractivity contribution is 5.91. The van der Waals surface area contributed by atoms with Crippen molar-refractivity contribution in [3.8, 4) is 11.5 Å². The number of aryl methyl sites for hydroxylation is 1. The number of halogens is 1. The lowest BCUT2D eigenvalue weighted by Crippen LogP contribution is -2.20. The monoisotopic (exact) mass is 482 g/mol. The Balaban J connectivity index is 1.41. The normalized spacial score (nSPS) is 17.8. The number of hydrogen-bond acceptors (Lipinski definition) is 3. The van der Waals surface area contributed by atoms with E-state index in [1.165, 1.54) is 63.9 Å². The van der Waals surface area contributed by atoms with Crippen LogP contribution in [0.5, 0.6) is 11.5 Å². The molecule has 3 rings (SSSR count). The summed E-state index contributed by atoms with van der Waals surface area (Å²) < 4.78 is 25.5. The van der Waals surface area contributed by atoms with Crippen molar-refractivity contribution < 1.29 is 18.7 Å². The molecule has 0 saturated heterocycles. The van der Waals surface area contributed by atoms with Gasteiger partial charge in [-0.15, -0.1) is 0 Å². The van der Waals surface area contributed by atoms with Crippen LogP contribution >= 0.6 is 0 Å². The van der Waals surface area contributed by atoms with Gasteiger partial charge in [0.25, 0.3) is 0 Å². The molecule has 2 atom stereocenters. The maximum Gasteiger partial charge on any atom is 0.343 e. The zero-order chi connectivity index (χ0) is 24.9.